The molecule has 25 heavy (non-hydrogen) atoms. The molecule has 0 bridgehead atoms. The van der Waals surface area contributed by atoms with Crippen LogP contribution in [0.5, 0.6) is 5.75 Å². The SMILES string of the molecule is Cc1cc(F)ccc1Nc1c(C(=O)C(C)C)cnc2c(O)cccc12. The first-order valence-electron chi connectivity index (χ1n) is 8.06. The second kappa shape index (κ2) is 6.51. The molecule has 128 valence electrons. The standard InChI is InChI=1S/C20H19FN2O2/c1-11(2)20(25)15-10-22-19-14(5-4-6-17(19)24)18(15)23-16-8-7-13(21)9-12(16)3/h4-11,24H,1-3H3,(H,22,23). The lowest BCUT2D eigenvalue weighted by Gasteiger charge is -2.17. The third kappa shape index (κ3) is 3.18. The Balaban J connectivity index is 2.23. The zero-order valence-electron chi connectivity index (χ0n) is 14.3. The van der Waals surface area contributed by atoms with Gasteiger partial charge in [-0.05, 0) is 36.8 Å². The summed E-state index contributed by atoms with van der Waals surface area (Å²) in [6, 6.07) is 9.45. The van der Waals surface area contributed by atoms with Gasteiger partial charge in [-0.1, -0.05) is 26.0 Å². The van der Waals surface area contributed by atoms with Crippen LogP contribution in [0.15, 0.2) is 42.6 Å². The number of nitrogens with one attached hydrogen (secondary N) is 1. The minimum Gasteiger partial charge on any atom is -0.506 e. The molecule has 0 unspecified atom stereocenters. The summed E-state index contributed by atoms with van der Waals surface area (Å²) in [7, 11) is 0. The molecule has 0 aliphatic carbocycles. The van der Waals surface area contributed by atoms with Gasteiger partial charge in [-0.2, -0.15) is 0 Å². The van der Waals surface area contributed by atoms with Crippen LogP contribution in [0.3, 0.4) is 0 Å². The Morgan fingerprint density at radius 3 is 2.68 bits per heavy atom. The zero-order chi connectivity index (χ0) is 18.1. The number of fused-ring (bicyclic) bond motifs is 1. The fourth-order valence-electron chi connectivity index (χ4n) is 2.74. The summed E-state index contributed by atoms with van der Waals surface area (Å²) in [6.45, 7) is 5.43. The Hall–Kier alpha value is -2.95. The molecule has 4 nitrogen and oxygen atoms in total. The Labute approximate surface area is 145 Å². The number of carbonyl (C=O) groups excluding carboxylic acids is 1. The fraction of sp³-hybridized carbons (Fsp3) is 0.200. The molecule has 0 amide bonds. The Kier molecular flexibility index (Phi) is 4.40. The van der Waals surface area contributed by atoms with Gasteiger partial charge in [-0.3, -0.25) is 9.78 Å². The molecule has 0 radical (unpaired) electrons. The molecular weight excluding hydrogens is 319 g/mol. The second-order valence-corrected chi connectivity index (χ2v) is 6.32. The van der Waals surface area contributed by atoms with Crippen molar-refractivity contribution in [2.24, 2.45) is 5.92 Å². The minimum absolute atomic E-state index is 0.0416. The van der Waals surface area contributed by atoms with E-state index in [2.05, 4.69) is 10.3 Å². The molecule has 1 aromatic heterocycles. The summed E-state index contributed by atoms with van der Waals surface area (Å²) in [6.07, 6.45) is 1.48. The van der Waals surface area contributed by atoms with E-state index in [4.69, 9.17) is 0 Å². The number of aryl methyl sites for hydroxylation is 1. The van der Waals surface area contributed by atoms with Crippen molar-refractivity contribution in [2.75, 3.05) is 5.32 Å². The maximum absolute atomic E-state index is 13.4. The average Bonchev–Trinajstić information content (AvgIpc) is 2.57. The van der Waals surface area contributed by atoms with Crippen LogP contribution in [0.1, 0.15) is 29.8 Å². The predicted octanol–water partition coefficient (Wildman–Crippen LogP) is 4.97. The van der Waals surface area contributed by atoms with Gasteiger partial charge in [-0.15, -0.1) is 0 Å². The van der Waals surface area contributed by atoms with Crippen molar-refractivity contribution in [3.63, 3.8) is 0 Å². The molecule has 0 saturated carbocycles. The lowest BCUT2D eigenvalue weighted by molar-refractivity contribution is 0.0940. The molecule has 2 aromatic carbocycles. The molecule has 3 rings (SSSR count). The number of rotatable bonds is 4. The van der Waals surface area contributed by atoms with Crippen molar-refractivity contribution in [1.82, 2.24) is 4.98 Å². The van der Waals surface area contributed by atoms with Crippen LogP contribution in [0.25, 0.3) is 10.9 Å². The van der Waals surface area contributed by atoms with Gasteiger partial charge in [0.25, 0.3) is 0 Å². The summed E-state index contributed by atoms with van der Waals surface area (Å²) in [4.78, 5) is 16.9. The number of ketones is 1. The minimum atomic E-state index is -0.321. The lowest BCUT2D eigenvalue weighted by atomic mass is 9.98. The number of Topliss-reactive ketones (excluding diaryl/α,β-unsaturated/α-hetero) is 1. The van der Waals surface area contributed by atoms with Crippen molar-refractivity contribution >= 4 is 28.1 Å². The molecule has 1 heterocycles. The van der Waals surface area contributed by atoms with E-state index < -0.39 is 0 Å². The first kappa shape index (κ1) is 16.9. The Bertz CT molecular complexity index is 967. The molecular formula is C20H19FN2O2. The Morgan fingerprint density at radius 1 is 1.24 bits per heavy atom. The van der Waals surface area contributed by atoms with E-state index in [1.54, 1.807) is 31.2 Å². The van der Waals surface area contributed by atoms with Gasteiger partial charge >= 0.3 is 0 Å². The number of carbonyl (C=O) groups is 1. The van der Waals surface area contributed by atoms with E-state index in [1.807, 2.05) is 13.8 Å². The molecule has 0 fully saturated rings. The number of halogens is 1. The molecule has 0 atom stereocenters. The molecule has 0 spiro atoms. The highest BCUT2D eigenvalue weighted by Gasteiger charge is 2.19. The molecule has 3 aromatic rings. The molecule has 0 saturated heterocycles. The van der Waals surface area contributed by atoms with Gasteiger partial charge in [-0.25, -0.2) is 4.39 Å². The molecule has 5 heteroatoms. The number of pyridine rings is 1. The third-order valence-corrected chi connectivity index (χ3v) is 4.11. The fourth-order valence-corrected chi connectivity index (χ4v) is 2.74. The van der Waals surface area contributed by atoms with E-state index >= 15 is 0 Å². The van der Waals surface area contributed by atoms with Gasteiger partial charge in [0.1, 0.15) is 17.1 Å². The molecule has 0 aliphatic rings. The van der Waals surface area contributed by atoms with Crippen LogP contribution in [-0.4, -0.2) is 15.9 Å². The topological polar surface area (TPSA) is 62.2 Å². The quantitative estimate of drug-likeness (QED) is 0.659. The van der Waals surface area contributed by atoms with Crippen LogP contribution in [0, 0.1) is 18.7 Å². The van der Waals surface area contributed by atoms with Crippen molar-refractivity contribution in [1.29, 1.82) is 0 Å². The van der Waals surface area contributed by atoms with Crippen LogP contribution in [0.2, 0.25) is 0 Å². The summed E-state index contributed by atoms with van der Waals surface area (Å²) >= 11 is 0. The largest absolute Gasteiger partial charge is 0.506 e. The first-order valence-corrected chi connectivity index (χ1v) is 8.06. The average molecular weight is 338 g/mol. The number of hydrogen-bond acceptors (Lipinski definition) is 4. The lowest BCUT2D eigenvalue weighted by Crippen LogP contribution is -2.11. The third-order valence-electron chi connectivity index (χ3n) is 4.11. The van der Waals surface area contributed by atoms with Crippen molar-refractivity contribution in [3.8, 4) is 5.75 Å². The van der Waals surface area contributed by atoms with Crippen LogP contribution in [-0.2, 0) is 0 Å². The van der Waals surface area contributed by atoms with E-state index in [1.165, 1.54) is 18.3 Å². The highest BCUT2D eigenvalue weighted by atomic mass is 19.1. The number of anilines is 2. The highest BCUT2D eigenvalue weighted by Crippen LogP contribution is 2.34. The number of benzene rings is 2. The number of phenolic OH excluding ortho intramolecular Hbond substituents is 1. The van der Waals surface area contributed by atoms with E-state index in [0.717, 1.165) is 0 Å². The molecule has 2 N–H and O–H groups in total. The van der Waals surface area contributed by atoms with E-state index in [0.29, 0.717) is 33.4 Å². The molecule has 0 aliphatic heterocycles. The van der Waals surface area contributed by atoms with Gasteiger partial charge in [0.05, 0.1) is 11.3 Å². The van der Waals surface area contributed by atoms with Crippen molar-refractivity contribution in [2.45, 2.75) is 20.8 Å². The van der Waals surface area contributed by atoms with Gasteiger partial charge in [0.2, 0.25) is 0 Å². The number of aromatic nitrogens is 1. The number of nitrogens with zero attached hydrogens (tertiary/aromatic N) is 1. The van der Waals surface area contributed by atoms with Crippen LogP contribution < -0.4 is 5.32 Å². The van der Waals surface area contributed by atoms with Crippen molar-refractivity contribution < 1.29 is 14.3 Å². The maximum Gasteiger partial charge on any atom is 0.169 e. The van der Waals surface area contributed by atoms with Crippen LogP contribution >= 0.6 is 0 Å². The normalized spacial score (nSPS) is 11.1. The van der Waals surface area contributed by atoms with Crippen LogP contribution in [0.4, 0.5) is 15.8 Å². The number of phenols is 1. The summed E-state index contributed by atoms with van der Waals surface area (Å²) in [5.41, 5.74) is 2.82. The number of aromatic hydroxyl groups is 1. The highest BCUT2D eigenvalue weighted by molar-refractivity contribution is 6.10. The van der Waals surface area contributed by atoms with Gasteiger partial charge < -0.3 is 10.4 Å². The van der Waals surface area contributed by atoms with Gasteiger partial charge in [0.15, 0.2) is 5.78 Å². The zero-order valence-corrected chi connectivity index (χ0v) is 14.3. The number of hydrogen-bond donors (Lipinski definition) is 2. The van der Waals surface area contributed by atoms with Gasteiger partial charge in [0, 0.05) is 23.2 Å². The van der Waals surface area contributed by atoms with Crippen molar-refractivity contribution in [3.05, 3.63) is 59.5 Å². The number of para-hydroxylation sites is 1. The smallest absolute Gasteiger partial charge is 0.169 e. The maximum atomic E-state index is 13.4. The van der Waals surface area contributed by atoms with E-state index in [-0.39, 0.29) is 23.3 Å². The summed E-state index contributed by atoms with van der Waals surface area (Å²) < 4.78 is 13.4. The summed E-state index contributed by atoms with van der Waals surface area (Å²) in [5, 5.41) is 13.9. The monoisotopic (exact) mass is 338 g/mol. The first-order chi connectivity index (χ1) is 11.9. The predicted molar refractivity (Wildman–Crippen MR) is 97.0 cm³/mol. The van der Waals surface area contributed by atoms with E-state index in [9.17, 15) is 14.3 Å². The summed E-state index contributed by atoms with van der Waals surface area (Å²) in [5.74, 6) is -0.537. The second-order valence-electron chi connectivity index (χ2n) is 6.32. The Morgan fingerprint density at radius 2 is 2.00 bits per heavy atom.